The van der Waals surface area contributed by atoms with Gasteiger partial charge in [-0.1, -0.05) is 17.7 Å². The van der Waals surface area contributed by atoms with Crippen LogP contribution in [0.4, 0.5) is 0 Å². The molecule has 3 aromatic heterocycles. The highest BCUT2D eigenvalue weighted by Gasteiger charge is 2.13. The number of amides is 1. The van der Waals surface area contributed by atoms with Crippen molar-refractivity contribution >= 4 is 34.1 Å². The summed E-state index contributed by atoms with van der Waals surface area (Å²) in [7, 11) is 0. The summed E-state index contributed by atoms with van der Waals surface area (Å²) in [6.07, 6.45) is 3.78. The first kappa shape index (κ1) is 16.3. The van der Waals surface area contributed by atoms with Crippen LogP contribution in [0.25, 0.3) is 16.6 Å². The lowest BCUT2D eigenvalue weighted by Gasteiger charge is -2.06. The van der Waals surface area contributed by atoms with E-state index in [1.807, 2.05) is 28.8 Å². The van der Waals surface area contributed by atoms with Crippen molar-refractivity contribution in [2.75, 3.05) is 6.54 Å². The molecule has 8 heteroatoms. The van der Waals surface area contributed by atoms with Gasteiger partial charge < -0.3 is 10.3 Å². The number of nitrogens with one attached hydrogen (secondary N) is 2. The van der Waals surface area contributed by atoms with Gasteiger partial charge in [0.05, 0.1) is 0 Å². The zero-order chi connectivity index (χ0) is 18.1. The Balaban J connectivity index is 1.51. The van der Waals surface area contributed by atoms with Gasteiger partial charge in [0.1, 0.15) is 11.4 Å². The Hall–Kier alpha value is -3.19. The lowest BCUT2D eigenvalue weighted by Crippen LogP contribution is -2.30. The number of carbonyl (C=O) groups is 1. The first-order valence-electron chi connectivity index (χ1n) is 8.01. The Labute approximate surface area is 152 Å². The first-order chi connectivity index (χ1) is 12.6. The van der Waals surface area contributed by atoms with E-state index < -0.39 is 5.91 Å². The molecule has 26 heavy (non-hydrogen) atoms. The lowest BCUT2D eigenvalue weighted by atomic mass is 10.1. The smallest absolute Gasteiger partial charge is 0.256 e. The third kappa shape index (κ3) is 2.93. The van der Waals surface area contributed by atoms with Crippen molar-refractivity contribution in [2.45, 2.75) is 6.42 Å². The van der Waals surface area contributed by atoms with Crippen LogP contribution < -0.4 is 10.7 Å². The fourth-order valence-corrected chi connectivity index (χ4v) is 2.98. The molecule has 2 N–H and O–H groups in total. The van der Waals surface area contributed by atoms with Gasteiger partial charge in [-0.25, -0.2) is 0 Å². The van der Waals surface area contributed by atoms with Gasteiger partial charge >= 0.3 is 0 Å². The van der Waals surface area contributed by atoms with Gasteiger partial charge in [-0.05, 0) is 30.3 Å². The largest absolute Gasteiger partial charge is 0.360 e. The van der Waals surface area contributed by atoms with Crippen LogP contribution >= 0.6 is 11.6 Å². The molecule has 0 saturated carbocycles. The molecule has 0 bridgehead atoms. The van der Waals surface area contributed by atoms with Gasteiger partial charge in [0.15, 0.2) is 5.65 Å². The predicted octanol–water partition coefficient (Wildman–Crippen LogP) is 2.20. The zero-order valence-corrected chi connectivity index (χ0v) is 14.3. The van der Waals surface area contributed by atoms with Crippen LogP contribution in [0.1, 0.15) is 16.2 Å². The maximum atomic E-state index is 12.5. The molecule has 4 aromatic rings. The van der Waals surface area contributed by atoms with E-state index >= 15 is 0 Å². The number of aromatic nitrogens is 4. The molecule has 4 rings (SSSR count). The van der Waals surface area contributed by atoms with E-state index in [-0.39, 0.29) is 11.0 Å². The van der Waals surface area contributed by atoms with Gasteiger partial charge in [0.2, 0.25) is 5.43 Å². The normalized spacial score (nSPS) is 11.1. The molecule has 7 nitrogen and oxygen atoms in total. The molecule has 130 valence electrons. The van der Waals surface area contributed by atoms with E-state index in [0.717, 1.165) is 11.5 Å². The summed E-state index contributed by atoms with van der Waals surface area (Å²) in [6, 6.07) is 10.6. The zero-order valence-electron chi connectivity index (χ0n) is 13.6. The number of carbonyl (C=O) groups excluding carboxylic acids is 1. The molecule has 0 aliphatic heterocycles. The van der Waals surface area contributed by atoms with Crippen molar-refractivity contribution in [2.24, 2.45) is 0 Å². The third-order valence-corrected chi connectivity index (χ3v) is 4.34. The number of rotatable bonds is 4. The van der Waals surface area contributed by atoms with Crippen LogP contribution in [0.15, 0.2) is 53.6 Å². The monoisotopic (exact) mass is 367 g/mol. The van der Waals surface area contributed by atoms with Crippen LogP contribution in [0.2, 0.25) is 5.02 Å². The molecule has 1 aromatic carbocycles. The number of fused-ring (bicyclic) bond motifs is 2. The number of halogens is 1. The second-order valence-corrected chi connectivity index (χ2v) is 6.21. The van der Waals surface area contributed by atoms with E-state index in [2.05, 4.69) is 20.5 Å². The molecule has 0 aliphatic carbocycles. The van der Waals surface area contributed by atoms with Crippen LogP contribution in [0, 0.1) is 0 Å². The standard InChI is InChI=1S/C18H14ClN5O2/c19-11-4-5-14-12(9-11)17(25)13(10-21-14)18(26)20-7-6-16-23-22-15-3-1-2-8-24(15)16/h1-5,8-10H,6-7H2,(H,20,26)(H,21,25). The molecular weight excluding hydrogens is 354 g/mol. The number of hydrogen-bond acceptors (Lipinski definition) is 4. The lowest BCUT2D eigenvalue weighted by molar-refractivity contribution is 0.0952. The summed E-state index contributed by atoms with van der Waals surface area (Å²) < 4.78 is 1.86. The highest BCUT2D eigenvalue weighted by Crippen LogP contribution is 2.15. The van der Waals surface area contributed by atoms with Gasteiger partial charge in [0.25, 0.3) is 5.91 Å². The van der Waals surface area contributed by atoms with Crippen LogP contribution in [0.5, 0.6) is 0 Å². The minimum absolute atomic E-state index is 0.0471. The molecule has 0 unspecified atom stereocenters. The summed E-state index contributed by atoms with van der Waals surface area (Å²) in [4.78, 5) is 27.9. The number of hydrogen-bond donors (Lipinski definition) is 2. The number of H-pyrrole nitrogens is 1. The van der Waals surface area contributed by atoms with Crippen molar-refractivity contribution in [1.29, 1.82) is 0 Å². The minimum atomic E-state index is -0.443. The summed E-state index contributed by atoms with van der Waals surface area (Å²) in [5.41, 5.74) is 1.07. The Kier molecular flexibility index (Phi) is 4.14. The average Bonchev–Trinajstić information content (AvgIpc) is 3.06. The van der Waals surface area contributed by atoms with Crippen LogP contribution in [0.3, 0.4) is 0 Å². The number of pyridine rings is 2. The average molecular weight is 368 g/mol. The minimum Gasteiger partial charge on any atom is -0.360 e. The Bertz CT molecular complexity index is 1180. The maximum Gasteiger partial charge on any atom is 0.256 e. The fraction of sp³-hybridized carbons (Fsp3) is 0.111. The summed E-state index contributed by atoms with van der Waals surface area (Å²) >= 11 is 5.94. The Morgan fingerprint density at radius 3 is 3.00 bits per heavy atom. The SMILES string of the molecule is O=C(NCCc1nnc2ccccn12)c1c[nH]c2ccc(Cl)cc2c1=O. The van der Waals surface area contributed by atoms with Crippen molar-refractivity contribution in [3.8, 4) is 0 Å². The molecule has 0 spiro atoms. The summed E-state index contributed by atoms with van der Waals surface area (Å²) in [6.45, 7) is 0.335. The number of nitrogens with zero attached hydrogens (tertiary/aromatic N) is 3. The van der Waals surface area contributed by atoms with Crippen molar-refractivity contribution in [3.63, 3.8) is 0 Å². The summed E-state index contributed by atoms with van der Waals surface area (Å²) in [5, 5.41) is 11.8. The highest BCUT2D eigenvalue weighted by molar-refractivity contribution is 6.31. The van der Waals surface area contributed by atoms with E-state index in [4.69, 9.17) is 11.6 Å². The molecule has 0 atom stereocenters. The quantitative estimate of drug-likeness (QED) is 0.578. The number of benzene rings is 1. The first-order valence-corrected chi connectivity index (χ1v) is 8.39. The van der Waals surface area contributed by atoms with Gasteiger partial charge in [0, 0.05) is 41.3 Å². The molecule has 0 aliphatic rings. The van der Waals surface area contributed by atoms with Gasteiger partial charge in [-0.3, -0.25) is 14.0 Å². The van der Waals surface area contributed by atoms with Gasteiger partial charge in [-0.15, -0.1) is 10.2 Å². The van der Waals surface area contributed by atoms with Crippen molar-refractivity contribution in [1.82, 2.24) is 24.9 Å². The predicted molar refractivity (Wildman–Crippen MR) is 98.6 cm³/mol. The van der Waals surface area contributed by atoms with Crippen LogP contribution in [-0.4, -0.2) is 32.0 Å². The molecule has 1 amide bonds. The second kappa shape index (κ2) is 6.61. The van der Waals surface area contributed by atoms with Crippen LogP contribution in [-0.2, 0) is 6.42 Å². The van der Waals surface area contributed by atoms with E-state index in [0.29, 0.717) is 28.9 Å². The molecule has 3 heterocycles. The molecule has 0 radical (unpaired) electrons. The van der Waals surface area contributed by atoms with E-state index in [1.165, 1.54) is 6.20 Å². The Morgan fingerprint density at radius 1 is 1.23 bits per heavy atom. The molecule has 0 saturated heterocycles. The maximum absolute atomic E-state index is 12.5. The number of aromatic amines is 1. The topological polar surface area (TPSA) is 92.2 Å². The fourth-order valence-electron chi connectivity index (χ4n) is 2.80. The van der Waals surface area contributed by atoms with Gasteiger partial charge in [-0.2, -0.15) is 0 Å². The molecule has 0 fully saturated rings. The highest BCUT2D eigenvalue weighted by atomic mass is 35.5. The Morgan fingerprint density at radius 2 is 2.12 bits per heavy atom. The van der Waals surface area contributed by atoms with Crippen molar-refractivity contribution in [3.05, 3.63) is 75.4 Å². The summed E-state index contributed by atoms with van der Waals surface area (Å²) in [5.74, 6) is 0.294. The third-order valence-electron chi connectivity index (χ3n) is 4.11. The van der Waals surface area contributed by atoms with E-state index in [1.54, 1.807) is 18.2 Å². The van der Waals surface area contributed by atoms with Crippen molar-refractivity contribution < 1.29 is 4.79 Å². The molecular formula is C18H14ClN5O2. The second-order valence-electron chi connectivity index (χ2n) is 5.77. The van der Waals surface area contributed by atoms with E-state index in [9.17, 15) is 9.59 Å².